The van der Waals surface area contributed by atoms with Crippen molar-refractivity contribution in [2.24, 2.45) is 0 Å². The zero-order chi connectivity index (χ0) is 15.5. The Labute approximate surface area is 137 Å². The van der Waals surface area contributed by atoms with E-state index < -0.39 is 10.0 Å². The molecule has 0 unspecified atom stereocenters. The van der Waals surface area contributed by atoms with E-state index in [9.17, 15) is 8.42 Å². The van der Waals surface area contributed by atoms with Crippen LogP contribution in [-0.2, 0) is 16.4 Å². The van der Waals surface area contributed by atoms with Gasteiger partial charge >= 0.3 is 0 Å². The number of nitrogens with zero attached hydrogens (tertiary/aromatic N) is 1. The lowest BCUT2D eigenvalue weighted by Gasteiger charge is -2.09. The van der Waals surface area contributed by atoms with Gasteiger partial charge in [0.1, 0.15) is 4.60 Å². The van der Waals surface area contributed by atoms with Gasteiger partial charge in [-0.1, -0.05) is 12.1 Å². The van der Waals surface area contributed by atoms with Crippen LogP contribution in [-0.4, -0.2) is 19.3 Å². The fourth-order valence-electron chi connectivity index (χ4n) is 1.77. The van der Waals surface area contributed by atoms with Gasteiger partial charge in [-0.2, -0.15) is 0 Å². The van der Waals surface area contributed by atoms with Crippen LogP contribution >= 0.6 is 27.5 Å². The maximum Gasteiger partial charge on any atom is 0.261 e. The summed E-state index contributed by atoms with van der Waals surface area (Å²) in [6.45, 7) is 1.84. The summed E-state index contributed by atoms with van der Waals surface area (Å²) < 4.78 is 27.8. The van der Waals surface area contributed by atoms with Gasteiger partial charge in [0.25, 0.3) is 10.0 Å². The second-order valence-corrected chi connectivity index (χ2v) is 7.33. The van der Waals surface area contributed by atoms with Gasteiger partial charge in [0.15, 0.2) is 0 Å². The van der Waals surface area contributed by atoms with Gasteiger partial charge in [0.05, 0.1) is 16.8 Å². The molecule has 0 aliphatic rings. The van der Waals surface area contributed by atoms with Crippen LogP contribution in [0.2, 0.25) is 0 Å². The number of hydrogen-bond donors (Lipinski definition) is 1. The number of aromatic nitrogens is 1. The van der Waals surface area contributed by atoms with Gasteiger partial charge in [-0.05, 0) is 58.6 Å². The maximum atomic E-state index is 12.3. The molecule has 4 nitrogen and oxygen atoms in total. The molecule has 1 heterocycles. The SMILES string of the molecule is Cc1cc(NS(=O)(=O)c2ccc(CCCl)cc2)cnc1Br. The van der Waals surface area contributed by atoms with Crippen molar-refractivity contribution >= 4 is 43.2 Å². The van der Waals surface area contributed by atoms with E-state index in [1.54, 1.807) is 30.3 Å². The van der Waals surface area contributed by atoms with Gasteiger partial charge in [0.2, 0.25) is 0 Å². The number of sulfonamides is 1. The Hall–Kier alpha value is -1.11. The molecule has 2 aromatic rings. The predicted molar refractivity (Wildman–Crippen MR) is 88.3 cm³/mol. The Morgan fingerprint density at radius 3 is 2.52 bits per heavy atom. The molecule has 0 radical (unpaired) electrons. The quantitative estimate of drug-likeness (QED) is 0.626. The Morgan fingerprint density at radius 2 is 1.95 bits per heavy atom. The number of anilines is 1. The predicted octanol–water partition coefficient (Wildman–Crippen LogP) is 3.73. The normalized spacial score (nSPS) is 11.4. The number of nitrogens with one attached hydrogen (secondary N) is 1. The second kappa shape index (κ2) is 6.77. The first-order valence-corrected chi connectivity index (χ1v) is 9.03. The van der Waals surface area contributed by atoms with E-state index in [2.05, 4.69) is 25.6 Å². The van der Waals surface area contributed by atoms with E-state index >= 15 is 0 Å². The molecule has 21 heavy (non-hydrogen) atoms. The molecule has 0 spiro atoms. The van der Waals surface area contributed by atoms with E-state index in [4.69, 9.17) is 11.6 Å². The van der Waals surface area contributed by atoms with Crippen LogP contribution in [0.3, 0.4) is 0 Å². The minimum absolute atomic E-state index is 0.210. The monoisotopic (exact) mass is 388 g/mol. The molecule has 7 heteroatoms. The van der Waals surface area contributed by atoms with Gasteiger partial charge in [-0.15, -0.1) is 11.6 Å². The second-order valence-electron chi connectivity index (χ2n) is 4.52. The lowest BCUT2D eigenvalue weighted by Crippen LogP contribution is -2.13. The minimum atomic E-state index is -3.61. The van der Waals surface area contributed by atoms with E-state index in [0.29, 0.717) is 22.6 Å². The number of pyridine rings is 1. The average Bonchev–Trinajstić information content (AvgIpc) is 2.44. The van der Waals surface area contributed by atoms with E-state index in [-0.39, 0.29) is 4.90 Å². The fraction of sp³-hybridized carbons (Fsp3) is 0.214. The van der Waals surface area contributed by atoms with Crippen LogP contribution in [0.5, 0.6) is 0 Å². The molecule has 0 atom stereocenters. The number of halogens is 2. The molecule has 0 bridgehead atoms. The van der Waals surface area contributed by atoms with Gasteiger partial charge in [0, 0.05) is 5.88 Å². The van der Waals surface area contributed by atoms with Gasteiger partial charge < -0.3 is 0 Å². The number of benzene rings is 1. The van der Waals surface area contributed by atoms with Crippen molar-refractivity contribution < 1.29 is 8.42 Å². The third-order valence-corrected chi connectivity index (χ3v) is 5.30. The molecule has 0 aliphatic heterocycles. The highest BCUT2D eigenvalue weighted by Gasteiger charge is 2.14. The Morgan fingerprint density at radius 1 is 1.29 bits per heavy atom. The van der Waals surface area contributed by atoms with Gasteiger partial charge in [-0.3, -0.25) is 4.72 Å². The number of alkyl halides is 1. The van der Waals surface area contributed by atoms with Crippen molar-refractivity contribution in [1.82, 2.24) is 4.98 Å². The molecule has 0 aliphatic carbocycles. The van der Waals surface area contributed by atoms with Crippen molar-refractivity contribution in [3.63, 3.8) is 0 Å². The Bertz CT molecular complexity index is 733. The van der Waals surface area contributed by atoms with Crippen LogP contribution in [0.25, 0.3) is 0 Å². The highest BCUT2D eigenvalue weighted by molar-refractivity contribution is 9.10. The van der Waals surface area contributed by atoms with Crippen molar-refractivity contribution in [3.05, 3.63) is 52.3 Å². The first kappa shape index (κ1) is 16.3. The highest BCUT2D eigenvalue weighted by atomic mass is 79.9. The lowest BCUT2D eigenvalue weighted by molar-refractivity contribution is 0.601. The summed E-state index contributed by atoms with van der Waals surface area (Å²) in [5, 5.41) is 0. The first-order valence-electron chi connectivity index (χ1n) is 6.22. The summed E-state index contributed by atoms with van der Waals surface area (Å²) in [5.74, 6) is 0.508. The van der Waals surface area contributed by atoms with Crippen LogP contribution in [0, 0.1) is 6.92 Å². The lowest BCUT2D eigenvalue weighted by atomic mass is 10.2. The number of rotatable bonds is 5. The third kappa shape index (κ3) is 4.18. The van der Waals surface area contributed by atoms with Crippen LogP contribution in [0.4, 0.5) is 5.69 Å². The molecule has 0 saturated carbocycles. The molecule has 1 aromatic heterocycles. The zero-order valence-corrected chi connectivity index (χ0v) is 14.5. The molecule has 112 valence electrons. The summed E-state index contributed by atoms with van der Waals surface area (Å²) in [7, 11) is -3.61. The zero-order valence-electron chi connectivity index (χ0n) is 11.3. The molecule has 1 aromatic carbocycles. The van der Waals surface area contributed by atoms with Crippen molar-refractivity contribution in [2.75, 3.05) is 10.6 Å². The number of hydrogen-bond acceptors (Lipinski definition) is 3. The van der Waals surface area contributed by atoms with Gasteiger partial charge in [-0.25, -0.2) is 13.4 Å². The van der Waals surface area contributed by atoms with Crippen molar-refractivity contribution in [2.45, 2.75) is 18.2 Å². The summed E-state index contributed by atoms with van der Waals surface area (Å²) in [6.07, 6.45) is 2.18. The molecular weight excluding hydrogens is 376 g/mol. The maximum absolute atomic E-state index is 12.3. The Kier molecular flexibility index (Phi) is 5.24. The number of aryl methyl sites for hydroxylation is 2. The van der Waals surface area contributed by atoms with E-state index in [0.717, 1.165) is 11.1 Å². The van der Waals surface area contributed by atoms with Crippen LogP contribution < -0.4 is 4.72 Å². The first-order chi connectivity index (χ1) is 9.92. The standard InChI is InChI=1S/C14H14BrClN2O2S/c1-10-8-12(9-17-14(10)15)18-21(19,20)13-4-2-11(3-5-13)6-7-16/h2-5,8-9,18H,6-7H2,1H3. The van der Waals surface area contributed by atoms with E-state index in [1.165, 1.54) is 6.20 Å². The van der Waals surface area contributed by atoms with Crippen molar-refractivity contribution in [1.29, 1.82) is 0 Å². The topological polar surface area (TPSA) is 59.1 Å². The molecule has 0 saturated heterocycles. The van der Waals surface area contributed by atoms with E-state index in [1.807, 2.05) is 6.92 Å². The highest BCUT2D eigenvalue weighted by Crippen LogP contribution is 2.20. The molecule has 1 N–H and O–H groups in total. The average molecular weight is 390 g/mol. The Balaban J connectivity index is 2.23. The third-order valence-electron chi connectivity index (χ3n) is 2.88. The molecule has 0 fully saturated rings. The summed E-state index contributed by atoms with van der Waals surface area (Å²) in [5.41, 5.74) is 2.29. The fourth-order valence-corrected chi connectivity index (χ4v) is 3.24. The van der Waals surface area contributed by atoms with Crippen LogP contribution in [0.15, 0.2) is 46.0 Å². The molecular formula is C14H14BrClN2O2S. The summed E-state index contributed by atoms with van der Waals surface area (Å²) in [4.78, 5) is 4.28. The largest absolute Gasteiger partial charge is 0.278 e. The van der Waals surface area contributed by atoms with Crippen LogP contribution in [0.1, 0.15) is 11.1 Å². The molecule has 2 rings (SSSR count). The summed E-state index contributed by atoms with van der Waals surface area (Å²) >= 11 is 8.94. The summed E-state index contributed by atoms with van der Waals surface area (Å²) in [6, 6.07) is 8.40. The van der Waals surface area contributed by atoms with Crippen molar-refractivity contribution in [3.8, 4) is 0 Å². The smallest absolute Gasteiger partial charge is 0.261 e. The minimum Gasteiger partial charge on any atom is -0.278 e. The molecule has 0 amide bonds.